The van der Waals surface area contributed by atoms with Crippen molar-refractivity contribution in [2.75, 3.05) is 13.2 Å². The molecular formula is C13H26O4. The number of hydrogen-bond donors (Lipinski definition) is 2. The van der Waals surface area contributed by atoms with Gasteiger partial charge < -0.3 is 19.7 Å². The molecule has 17 heavy (non-hydrogen) atoms. The van der Waals surface area contributed by atoms with Crippen LogP contribution in [0.2, 0.25) is 0 Å². The molecule has 4 heteroatoms. The van der Waals surface area contributed by atoms with Crippen molar-refractivity contribution >= 4 is 0 Å². The first-order valence-electron chi connectivity index (χ1n) is 6.62. The molecule has 4 nitrogen and oxygen atoms in total. The minimum atomic E-state index is -0.679. The molecule has 0 spiro atoms. The molecule has 0 saturated carbocycles. The van der Waals surface area contributed by atoms with Gasteiger partial charge in [0.05, 0.1) is 25.4 Å². The van der Waals surface area contributed by atoms with Crippen molar-refractivity contribution in [2.24, 2.45) is 11.8 Å². The summed E-state index contributed by atoms with van der Waals surface area (Å²) in [5.74, 6) is -1.00. The Labute approximate surface area is 104 Å². The fourth-order valence-corrected chi connectivity index (χ4v) is 2.57. The predicted molar refractivity (Wildman–Crippen MR) is 65.6 cm³/mol. The lowest BCUT2D eigenvalue weighted by Gasteiger charge is -2.38. The molecule has 0 aromatic carbocycles. The molecule has 2 N–H and O–H groups in total. The molecule has 4 atom stereocenters. The van der Waals surface area contributed by atoms with Crippen LogP contribution < -0.4 is 0 Å². The third-order valence-electron chi connectivity index (χ3n) is 4.04. The largest absolute Gasteiger partial charge is 0.393 e. The van der Waals surface area contributed by atoms with Gasteiger partial charge in [-0.05, 0) is 12.8 Å². The Bertz CT molecular complexity index is 225. The summed E-state index contributed by atoms with van der Waals surface area (Å²) in [6.45, 7) is 8.86. The Balaban J connectivity index is 2.70. The Kier molecular flexibility index (Phi) is 5.38. The molecule has 1 aliphatic rings. The van der Waals surface area contributed by atoms with Gasteiger partial charge in [-0.25, -0.2) is 0 Å². The topological polar surface area (TPSA) is 58.9 Å². The molecule has 0 bridgehead atoms. The summed E-state index contributed by atoms with van der Waals surface area (Å²) < 4.78 is 11.3. The fraction of sp³-hybridized carbons (Fsp3) is 1.00. The first-order valence-corrected chi connectivity index (χ1v) is 6.62. The van der Waals surface area contributed by atoms with Crippen LogP contribution in [0.3, 0.4) is 0 Å². The Morgan fingerprint density at radius 1 is 1.12 bits per heavy atom. The summed E-state index contributed by atoms with van der Waals surface area (Å²) in [6.07, 6.45) is 0.247. The van der Waals surface area contributed by atoms with Gasteiger partial charge in [-0.15, -0.1) is 0 Å². The van der Waals surface area contributed by atoms with Gasteiger partial charge in [-0.2, -0.15) is 0 Å². The minimum absolute atomic E-state index is 0.147. The van der Waals surface area contributed by atoms with Crippen LogP contribution in [0.1, 0.15) is 40.5 Å². The van der Waals surface area contributed by atoms with E-state index in [4.69, 9.17) is 9.47 Å². The summed E-state index contributed by atoms with van der Waals surface area (Å²) in [7, 11) is 0. The van der Waals surface area contributed by atoms with Crippen molar-refractivity contribution < 1.29 is 19.7 Å². The maximum absolute atomic E-state index is 10.3. The maximum Gasteiger partial charge on any atom is 0.173 e. The highest BCUT2D eigenvalue weighted by Gasteiger charge is 2.45. The quantitative estimate of drug-likeness (QED) is 0.746. The van der Waals surface area contributed by atoms with Crippen molar-refractivity contribution in [3.8, 4) is 0 Å². The van der Waals surface area contributed by atoms with Gasteiger partial charge in [0.15, 0.2) is 5.79 Å². The van der Waals surface area contributed by atoms with Gasteiger partial charge in [0.2, 0.25) is 0 Å². The van der Waals surface area contributed by atoms with E-state index in [0.717, 1.165) is 0 Å². The number of hydrogen-bond acceptors (Lipinski definition) is 4. The second-order valence-corrected chi connectivity index (χ2v) is 4.98. The van der Waals surface area contributed by atoms with Crippen LogP contribution in [-0.4, -0.2) is 41.4 Å². The highest BCUT2D eigenvalue weighted by Crippen LogP contribution is 2.36. The highest BCUT2D eigenvalue weighted by molar-refractivity contribution is 4.87. The molecule has 0 aromatic rings. The monoisotopic (exact) mass is 246 g/mol. The minimum Gasteiger partial charge on any atom is -0.393 e. The van der Waals surface area contributed by atoms with E-state index in [-0.39, 0.29) is 11.8 Å². The lowest BCUT2D eigenvalue weighted by atomic mass is 9.83. The summed E-state index contributed by atoms with van der Waals surface area (Å²) in [6, 6.07) is 0. The van der Waals surface area contributed by atoms with Crippen LogP contribution in [-0.2, 0) is 9.47 Å². The first-order chi connectivity index (χ1) is 7.98. The zero-order valence-electron chi connectivity index (χ0n) is 11.3. The van der Waals surface area contributed by atoms with Crippen molar-refractivity contribution in [3.05, 3.63) is 0 Å². The summed E-state index contributed by atoms with van der Waals surface area (Å²) >= 11 is 0. The summed E-state index contributed by atoms with van der Waals surface area (Å²) in [4.78, 5) is 0. The zero-order valence-corrected chi connectivity index (χ0v) is 11.3. The number of rotatable bonds is 6. The SMILES string of the molecule is CC[C@@H](O)[C@H](C)[C@@H](O)[C@H](C)C1(CC)OCCO1. The molecule has 0 unspecified atom stereocenters. The zero-order chi connectivity index (χ0) is 13.1. The Morgan fingerprint density at radius 2 is 1.65 bits per heavy atom. The number of ether oxygens (including phenoxy) is 2. The predicted octanol–water partition coefficient (Wildman–Crippen LogP) is 1.54. The van der Waals surface area contributed by atoms with Crippen LogP contribution >= 0.6 is 0 Å². The second-order valence-electron chi connectivity index (χ2n) is 4.98. The first kappa shape index (κ1) is 14.9. The van der Waals surface area contributed by atoms with E-state index in [9.17, 15) is 10.2 Å². The molecule has 0 radical (unpaired) electrons. The molecule has 0 amide bonds. The average molecular weight is 246 g/mol. The average Bonchev–Trinajstić information content (AvgIpc) is 2.85. The smallest absolute Gasteiger partial charge is 0.173 e. The molecular weight excluding hydrogens is 220 g/mol. The highest BCUT2D eigenvalue weighted by atomic mass is 16.7. The lowest BCUT2D eigenvalue weighted by molar-refractivity contribution is -0.221. The van der Waals surface area contributed by atoms with Crippen molar-refractivity contribution in [2.45, 2.75) is 58.5 Å². The number of aliphatic hydroxyl groups is 2. The lowest BCUT2D eigenvalue weighted by Crippen LogP contribution is -2.47. The summed E-state index contributed by atoms with van der Waals surface area (Å²) in [5.41, 5.74) is 0. The fourth-order valence-electron chi connectivity index (χ4n) is 2.57. The van der Waals surface area contributed by atoms with Crippen LogP contribution in [0.25, 0.3) is 0 Å². The number of aliphatic hydroxyl groups excluding tert-OH is 2. The van der Waals surface area contributed by atoms with E-state index in [0.29, 0.717) is 26.1 Å². The van der Waals surface area contributed by atoms with Gasteiger partial charge in [-0.1, -0.05) is 27.7 Å². The van der Waals surface area contributed by atoms with Crippen LogP contribution in [0, 0.1) is 11.8 Å². The van der Waals surface area contributed by atoms with Gasteiger partial charge in [0.1, 0.15) is 0 Å². The Morgan fingerprint density at radius 3 is 2.06 bits per heavy atom. The normalized spacial score (nSPS) is 26.5. The third-order valence-corrected chi connectivity index (χ3v) is 4.04. The van der Waals surface area contributed by atoms with E-state index in [1.54, 1.807) is 0 Å². The molecule has 1 fully saturated rings. The van der Waals surface area contributed by atoms with E-state index >= 15 is 0 Å². The maximum atomic E-state index is 10.3. The second kappa shape index (κ2) is 6.14. The van der Waals surface area contributed by atoms with Crippen LogP contribution in [0.5, 0.6) is 0 Å². The van der Waals surface area contributed by atoms with Gasteiger partial charge >= 0.3 is 0 Å². The molecule has 1 aliphatic heterocycles. The van der Waals surface area contributed by atoms with Crippen LogP contribution in [0.4, 0.5) is 0 Å². The molecule has 1 heterocycles. The van der Waals surface area contributed by atoms with Crippen molar-refractivity contribution in [1.29, 1.82) is 0 Å². The van der Waals surface area contributed by atoms with E-state index < -0.39 is 18.0 Å². The van der Waals surface area contributed by atoms with E-state index in [2.05, 4.69) is 0 Å². The van der Waals surface area contributed by atoms with Crippen molar-refractivity contribution in [3.63, 3.8) is 0 Å². The Hall–Kier alpha value is -0.160. The molecule has 1 rings (SSSR count). The van der Waals surface area contributed by atoms with Crippen LogP contribution in [0.15, 0.2) is 0 Å². The van der Waals surface area contributed by atoms with Gasteiger partial charge in [0, 0.05) is 11.8 Å². The molecule has 0 aliphatic carbocycles. The molecule has 102 valence electrons. The summed E-state index contributed by atoms with van der Waals surface area (Å²) in [5, 5.41) is 20.1. The third kappa shape index (κ3) is 2.99. The molecule has 0 aromatic heterocycles. The molecule has 1 saturated heterocycles. The van der Waals surface area contributed by atoms with E-state index in [1.165, 1.54) is 0 Å². The standard InChI is InChI=1S/C13H26O4/c1-5-11(14)9(3)12(15)10(4)13(6-2)16-7-8-17-13/h9-12,14-15H,5-8H2,1-4H3/t9-,10-,11+,12+/m0/s1. The van der Waals surface area contributed by atoms with Gasteiger partial charge in [0.25, 0.3) is 0 Å². The van der Waals surface area contributed by atoms with Gasteiger partial charge in [-0.3, -0.25) is 0 Å². The van der Waals surface area contributed by atoms with E-state index in [1.807, 2.05) is 27.7 Å². The van der Waals surface area contributed by atoms with Crippen molar-refractivity contribution in [1.82, 2.24) is 0 Å².